The average molecular weight is 314 g/mol. The SMILES string of the molecule is O=C(Cc1cccc(Br)c1)CC1CSCCN1. The number of hydrogen-bond acceptors (Lipinski definition) is 3. The van der Waals surface area contributed by atoms with Crippen molar-refractivity contribution in [3.05, 3.63) is 34.3 Å². The number of carbonyl (C=O) groups is 1. The third-order valence-electron chi connectivity index (χ3n) is 2.76. The maximum absolute atomic E-state index is 11.9. The van der Waals surface area contributed by atoms with Gasteiger partial charge in [0, 0.05) is 41.4 Å². The van der Waals surface area contributed by atoms with Crippen LogP contribution >= 0.6 is 27.7 Å². The minimum atomic E-state index is 0.322. The Balaban J connectivity index is 1.84. The number of rotatable bonds is 4. The van der Waals surface area contributed by atoms with Gasteiger partial charge in [0.2, 0.25) is 0 Å². The number of Topliss-reactive ketones (excluding diaryl/α,β-unsaturated/α-hetero) is 1. The summed E-state index contributed by atoms with van der Waals surface area (Å²) in [6.07, 6.45) is 1.20. The molecule has 0 radical (unpaired) electrons. The number of ketones is 1. The van der Waals surface area contributed by atoms with E-state index >= 15 is 0 Å². The van der Waals surface area contributed by atoms with Crippen LogP contribution in [0.3, 0.4) is 0 Å². The Hall–Kier alpha value is -0.320. The molecule has 0 aliphatic carbocycles. The third kappa shape index (κ3) is 4.45. The van der Waals surface area contributed by atoms with E-state index < -0.39 is 0 Å². The quantitative estimate of drug-likeness (QED) is 0.926. The van der Waals surface area contributed by atoms with E-state index in [-0.39, 0.29) is 0 Å². The van der Waals surface area contributed by atoms with Crippen molar-refractivity contribution in [1.82, 2.24) is 5.32 Å². The van der Waals surface area contributed by atoms with Crippen molar-refractivity contribution in [3.8, 4) is 0 Å². The fourth-order valence-corrected chi connectivity index (χ4v) is 3.37. The van der Waals surface area contributed by atoms with Gasteiger partial charge in [-0.2, -0.15) is 11.8 Å². The van der Waals surface area contributed by atoms with Crippen LogP contribution in [0.4, 0.5) is 0 Å². The number of nitrogens with one attached hydrogen (secondary N) is 1. The molecule has 1 aromatic rings. The van der Waals surface area contributed by atoms with E-state index in [2.05, 4.69) is 21.2 Å². The molecule has 1 heterocycles. The molecule has 0 bridgehead atoms. The van der Waals surface area contributed by atoms with Crippen LogP contribution in [0, 0.1) is 0 Å². The normalized spacial score (nSPS) is 20.2. The van der Waals surface area contributed by atoms with Crippen LogP contribution in [-0.4, -0.2) is 29.9 Å². The Morgan fingerprint density at radius 3 is 3.12 bits per heavy atom. The van der Waals surface area contributed by atoms with Gasteiger partial charge in [0.1, 0.15) is 5.78 Å². The monoisotopic (exact) mass is 313 g/mol. The Labute approximate surface area is 115 Å². The van der Waals surface area contributed by atoms with E-state index in [0.29, 0.717) is 24.7 Å². The molecule has 0 spiro atoms. The number of thioether (sulfide) groups is 1. The van der Waals surface area contributed by atoms with E-state index in [9.17, 15) is 4.79 Å². The molecule has 2 rings (SSSR count). The number of benzene rings is 1. The molecule has 2 nitrogen and oxygen atoms in total. The molecular weight excluding hydrogens is 298 g/mol. The molecule has 17 heavy (non-hydrogen) atoms. The zero-order chi connectivity index (χ0) is 12.1. The molecule has 1 aromatic carbocycles. The maximum Gasteiger partial charge on any atom is 0.138 e. The summed E-state index contributed by atoms with van der Waals surface area (Å²) in [6.45, 7) is 1.03. The van der Waals surface area contributed by atoms with Gasteiger partial charge in [-0.15, -0.1) is 0 Å². The summed E-state index contributed by atoms with van der Waals surface area (Å²) in [7, 11) is 0. The van der Waals surface area contributed by atoms with Crippen LogP contribution in [0.1, 0.15) is 12.0 Å². The molecule has 1 atom stereocenters. The molecule has 1 unspecified atom stereocenters. The molecule has 0 saturated carbocycles. The van der Waals surface area contributed by atoms with Crippen LogP contribution in [0.2, 0.25) is 0 Å². The minimum absolute atomic E-state index is 0.322. The van der Waals surface area contributed by atoms with Crippen molar-refractivity contribution in [2.24, 2.45) is 0 Å². The first-order valence-corrected chi connectivity index (χ1v) is 7.76. The summed E-state index contributed by atoms with van der Waals surface area (Å²) in [5, 5.41) is 3.40. The summed E-state index contributed by atoms with van der Waals surface area (Å²) in [5.74, 6) is 2.55. The molecule has 0 amide bonds. The highest BCUT2D eigenvalue weighted by Crippen LogP contribution is 2.15. The lowest BCUT2D eigenvalue weighted by atomic mass is 10.0. The van der Waals surface area contributed by atoms with Gasteiger partial charge in [0.05, 0.1) is 0 Å². The number of hydrogen-bond donors (Lipinski definition) is 1. The van der Waals surface area contributed by atoms with Crippen molar-refractivity contribution in [2.75, 3.05) is 18.1 Å². The highest BCUT2D eigenvalue weighted by Gasteiger charge is 2.16. The first-order valence-electron chi connectivity index (χ1n) is 5.81. The molecule has 1 aliphatic rings. The fraction of sp³-hybridized carbons (Fsp3) is 0.462. The van der Waals surface area contributed by atoms with Gasteiger partial charge in [0.15, 0.2) is 0 Å². The minimum Gasteiger partial charge on any atom is -0.312 e. The lowest BCUT2D eigenvalue weighted by Gasteiger charge is -2.22. The molecule has 1 fully saturated rings. The summed E-state index contributed by atoms with van der Waals surface area (Å²) in [5.41, 5.74) is 1.09. The topological polar surface area (TPSA) is 29.1 Å². The highest BCUT2D eigenvalue weighted by molar-refractivity contribution is 9.10. The van der Waals surface area contributed by atoms with Crippen LogP contribution in [0.25, 0.3) is 0 Å². The lowest BCUT2D eigenvalue weighted by Crippen LogP contribution is -2.39. The van der Waals surface area contributed by atoms with Crippen LogP contribution < -0.4 is 5.32 Å². The lowest BCUT2D eigenvalue weighted by molar-refractivity contribution is -0.118. The smallest absolute Gasteiger partial charge is 0.138 e. The Kier molecular flexibility index (Phi) is 5.07. The van der Waals surface area contributed by atoms with Crippen LogP contribution in [0.5, 0.6) is 0 Å². The second-order valence-corrected chi connectivity index (χ2v) is 6.34. The summed E-state index contributed by atoms with van der Waals surface area (Å²) < 4.78 is 1.04. The van der Waals surface area contributed by atoms with E-state index in [1.54, 1.807) is 0 Å². The van der Waals surface area contributed by atoms with Gasteiger partial charge in [0.25, 0.3) is 0 Å². The van der Waals surface area contributed by atoms with Gasteiger partial charge in [-0.1, -0.05) is 28.1 Å². The van der Waals surface area contributed by atoms with Crippen molar-refractivity contribution in [2.45, 2.75) is 18.9 Å². The third-order valence-corrected chi connectivity index (χ3v) is 4.39. The standard InChI is InChI=1S/C13H16BrNOS/c14-11-3-1-2-10(6-11)7-13(16)8-12-9-17-5-4-15-12/h1-3,6,12,15H,4-5,7-9H2. The molecule has 1 saturated heterocycles. The van der Waals surface area contributed by atoms with E-state index in [1.807, 2.05) is 36.0 Å². The van der Waals surface area contributed by atoms with Gasteiger partial charge in [-0.05, 0) is 17.7 Å². The van der Waals surface area contributed by atoms with Gasteiger partial charge in [-0.25, -0.2) is 0 Å². The van der Waals surface area contributed by atoms with Crippen LogP contribution in [-0.2, 0) is 11.2 Å². The van der Waals surface area contributed by atoms with Crippen molar-refractivity contribution >= 4 is 33.5 Å². The van der Waals surface area contributed by atoms with Gasteiger partial charge >= 0.3 is 0 Å². The second-order valence-electron chi connectivity index (χ2n) is 4.28. The molecule has 1 N–H and O–H groups in total. The Morgan fingerprint density at radius 2 is 2.41 bits per heavy atom. The van der Waals surface area contributed by atoms with Crippen molar-refractivity contribution < 1.29 is 4.79 Å². The fourth-order valence-electron chi connectivity index (χ4n) is 1.97. The molecular formula is C13H16BrNOS. The Morgan fingerprint density at radius 1 is 1.53 bits per heavy atom. The zero-order valence-corrected chi connectivity index (χ0v) is 12.0. The molecule has 1 aliphatic heterocycles. The van der Waals surface area contributed by atoms with E-state index in [1.165, 1.54) is 0 Å². The summed E-state index contributed by atoms with van der Waals surface area (Å²) in [4.78, 5) is 11.9. The Bertz CT molecular complexity index is 391. The van der Waals surface area contributed by atoms with Crippen molar-refractivity contribution in [1.29, 1.82) is 0 Å². The largest absolute Gasteiger partial charge is 0.312 e. The van der Waals surface area contributed by atoms with Gasteiger partial charge < -0.3 is 5.32 Å². The summed E-state index contributed by atoms with van der Waals surface area (Å²) in [6, 6.07) is 8.34. The second kappa shape index (κ2) is 6.57. The van der Waals surface area contributed by atoms with Gasteiger partial charge in [-0.3, -0.25) is 4.79 Å². The van der Waals surface area contributed by atoms with Crippen molar-refractivity contribution in [3.63, 3.8) is 0 Å². The predicted octanol–water partition coefficient (Wildman–Crippen LogP) is 2.66. The molecule has 0 aromatic heterocycles. The van der Waals surface area contributed by atoms with E-state index in [4.69, 9.17) is 0 Å². The van der Waals surface area contributed by atoms with E-state index in [0.717, 1.165) is 28.1 Å². The molecule has 92 valence electrons. The predicted molar refractivity (Wildman–Crippen MR) is 76.6 cm³/mol. The number of carbonyl (C=O) groups excluding carboxylic acids is 1. The first-order chi connectivity index (χ1) is 8.24. The first kappa shape index (κ1) is 13.1. The number of halogens is 1. The zero-order valence-electron chi connectivity index (χ0n) is 9.62. The maximum atomic E-state index is 11.9. The average Bonchev–Trinajstić information content (AvgIpc) is 2.30. The summed E-state index contributed by atoms with van der Waals surface area (Å²) >= 11 is 5.36. The molecule has 4 heteroatoms. The van der Waals surface area contributed by atoms with Crippen LogP contribution in [0.15, 0.2) is 28.7 Å². The highest BCUT2D eigenvalue weighted by atomic mass is 79.9.